The standard InChI is InChI=1S/C28H52O3Si2/c1-13-15-16-18-22(30-32(9,10)27(3,4)5)19-20-24-23(17-14-2)25(29)21-26(24)31-33(11,12)28(6,7)8/h2,19-20,22-24,26H,13,15-18,21H2,1,3-12H3/t22?,23-,24-,26-/m1/s1. The highest BCUT2D eigenvalue weighted by atomic mass is 28.4. The highest BCUT2D eigenvalue weighted by Gasteiger charge is 2.47. The van der Waals surface area contributed by atoms with Gasteiger partial charge >= 0.3 is 0 Å². The van der Waals surface area contributed by atoms with Crippen molar-refractivity contribution in [3.63, 3.8) is 0 Å². The second-order valence-corrected chi connectivity index (χ2v) is 22.5. The molecule has 5 heteroatoms. The monoisotopic (exact) mass is 492 g/mol. The van der Waals surface area contributed by atoms with Crippen molar-refractivity contribution in [2.24, 2.45) is 11.8 Å². The van der Waals surface area contributed by atoms with E-state index < -0.39 is 16.6 Å². The van der Waals surface area contributed by atoms with Crippen LogP contribution in [-0.2, 0) is 13.6 Å². The van der Waals surface area contributed by atoms with Crippen LogP contribution in [0.2, 0.25) is 36.3 Å². The van der Waals surface area contributed by atoms with Crippen molar-refractivity contribution in [2.75, 3.05) is 0 Å². The molecule has 1 rings (SSSR count). The molecule has 0 aromatic carbocycles. The van der Waals surface area contributed by atoms with E-state index in [4.69, 9.17) is 15.3 Å². The molecule has 4 atom stereocenters. The zero-order valence-electron chi connectivity index (χ0n) is 23.5. The molecule has 33 heavy (non-hydrogen) atoms. The molecule has 0 aromatic rings. The average molecular weight is 493 g/mol. The Hall–Kier alpha value is -0.676. The number of rotatable bonds is 11. The number of carbonyl (C=O) groups is 1. The molecule has 0 aliphatic heterocycles. The van der Waals surface area contributed by atoms with E-state index in [1.807, 2.05) is 0 Å². The van der Waals surface area contributed by atoms with Crippen LogP contribution < -0.4 is 0 Å². The SMILES string of the molecule is C#CC[C@H]1C(=O)C[C@@H](O[Si](C)(C)C(C)(C)C)[C@@H]1C=CC(CCCCC)O[Si](C)(C)C(C)(C)C. The fourth-order valence-electron chi connectivity index (χ4n) is 3.87. The third-order valence-corrected chi connectivity index (χ3v) is 17.2. The van der Waals surface area contributed by atoms with E-state index in [9.17, 15) is 4.79 Å². The fraction of sp³-hybridized carbons (Fsp3) is 0.821. The summed E-state index contributed by atoms with van der Waals surface area (Å²) < 4.78 is 13.6. The number of hydrogen-bond acceptors (Lipinski definition) is 3. The molecule has 1 unspecified atom stereocenters. The van der Waals surface area contributed by atoms with Crippen molar-refractivity contribution in [1.29, 1.82) is 0 Å². The summed E-state index contributed by atoms with van der Waals surface area (Å²) in [6.45, 7) is 25.0. The van der Waals surface area contributed by atoms with Crippen molar-refractivity contribution in [3.8, 4) is 12.3 Å². The first kappa shape index (κ1) is 30.4. The maximum absolute atomic E-state index is 12.9. The van der Waals surface area contributed by atoms with Crippen molar-refractivity contribution in [3.05, 3.63) is 12.2 Å². The van der Waals surface area contributed by atoms with Crippen LogP contribution in [0.15, 0.2) is 12.2 Å². The predicted octanol–water partition coefficient (Wildman–Crippen LogP) is 8.13. The van der Waals surface area contributed by atoms with Crippen molar-refractivity contribution >= 4 is 22.4 Å². The summed E-state index contributed by atoms with van der Waals surface area (Å²) in [7, 11) is -3.91. The Morgan fingerprint density at radius 2 is 1.64 bits per heavy atom. The van der Waals surface area contributed by atoms with Gasteiger partial charge in [0.15, 0.2) is 16.6 Å². The third kappa shape index (κ3) is 8.49. The molecular formula is C28H52O3Si2. The second kappa shape index (κ2) is 11.8. The Morgan fingerprint density at radius 3 is 2.12 bits per heavy atom. The van der Waals surface area contributed by atoms with Gasteiger partial charge < -0.3 is 8.85 Å². The quantitative estimate of drug-likeness (QED) is 0.126. The predicted molar refractivity (Wildman–Crippen MR) is 147 cm³/mol. The van der Waals surface area contributed by atoms with Gasteiger partial charge in [0.2, 0.25) is 0 Å². The summed E-state index contributed by atoms with van der Waals surface area (Å²) in [5.41, 5.74) is 0. The average Bonchev–Trinajstić information content (AvgIpc) is 2.92. The molecule has 0 heterocycles. The molecule has 0 N–H and O–H groups in total. The summed E-state index contributed by atoms with van der Waals surface area (Å²) in [4.78, 5) is 12.9. The maximum atomic E-state index is 12.9. The van der Waals surface area contributed by atoms with Crippen molar-refractivity contribution in [2.45, 2.75) is 135 Å². The largest absolute Gasteiger partial charge is 0.413 e. The Morgan fingerprint density at radius 1 is 1.06 bits per heavy atom. The number of carbonyl (C=O) groups excluding carboxylic acids is 1. The molecule has 0 radical (unpaired) electrons. The summed E-state index contributed by atoms with van der Waals surface area (Å²) in [5.74, 6) is 2.88. The van der Waals surface area contributed by atoms with Crippen LogP contribution >= 0.6 is 0 Å². The highest BCUT2D eigenvalue weighted by molar-refractivity contribution is 6.74. The van der Waals surface area contributed by atoms with Gasteiger partial charge in [-0.1, -0.05) is 79.9 Å². The van der Waals surface area contributed by atoms with Gasteiger partial charge in [-0.25, -0.2) is 0 Å². The van der Waals surface area contributed by atoms with Crippen LogP contribution in [-0.4, -0.2) is 34.6 Å². The van der Waals surface area contributed by atoms with E-state index >= 15 is 0 Å². The molecule has 1 saturated carbocycles. The molecule has 1 aliphatic carbocycles. The molecule has 3 nitrogen and oxygen atoms in total. The maximum Gasteiger partial charge on any atom is 0.192 e. The molecule has 1 aliphatic rings. The van der Waals surface area contributed by atoms with E-state index in [1.54, 1.807) is 0 Å². The van der Waals surface area contributed by atoms with Gasteiger partial charge in [0.1, 0.15) is 5.78 Å². The summed E-state index contributed by atoms with van der Waals surface area (Å²) in [5, 5.41) is 0.260. The molecule has 0 bridgehead atoms. The lowest BCUT2D eigenvalue weighted by Crippen LogP contribution is -2.45. The topological polar surface area (TPSA) is 35.5 Å². The summed E-state index contributed by atoms with van der Waals surface area (Å²) >= 11 is 0. The number of unbranched alkanes of at least 4 members (excludes halogenated alkanes) is 2. The van der Waals surface area contributed by atoms with Gasteiger partial charge in [-0.3, -0.25) is 4.79 Å². The molecular weight excluding hydrogens is 440 g/mol. The Labute approximate surface area is 207 Å². The molecule has 1 fully saturated rings. The van der Waals surface area contributed by atoms with Gasteiger partial charge in [0.25, 0.3) is 0 Å². The van der Waals surface area contributed by atoms with E-state index in [0.717, 1.165) is 12.8 Å². The Balaban J connectivity index is 3.21. The minimum absolute atomic E-state index is 0.0272. The van der Waals surface area contributed by atoms with E-state index in [2.05, 4.69) is 92.7 Å². The number of hydrogen-bond donors (Lipinski definition) is 0. The lowest BCUT2D eigenvalue weighted by atomic mass is 9.90. The smallest absolute Gasteiger partial charge is 0.192 e. The normalized spacial score (nSPS) is 23.8. The Kier molecular flexibility index (Phi) is 10.9. The third-order valence-electron chi connectivity index (χ3n) is 8.19. The number of Topliss-reactive ketones (excluding diaryl/α,β-unsaturated/α-hetero) is 1. The molecule has 0 spiro atoms. The first-order chi connectivity index (χ1) is 15.0. The van der Waals surface area contributed by atoms with Crippen LogP contribution in [0.1, 0.15) is 87.0 Å². The molecule has 0 saturated heterocycles. The summed E-state index contributed by atoms with van der Waals surface area (Å²) in [6, 6.07) is 0. The lowest BCUT2D eigenvalue weighted by molar-refractivity contribution is -0.121. The first-order valence-corrected chi connectivity index (χ1v) is 18.8. The molecule has 190 valence electrons. The fourth-order valence-corrected chi connectivity index (χ4v) is 6.53. The van der Waals surface area contributed by atoms with Crippen LogP contribution in [0, 0.1) is 24.2 Å². The van der Waals surface area contributed by atoms with Crippen LogP contribution in [0.5, 0.6) is 0 Å². The zero-order valence-corrected chi connectivity index (χ0v) is 25.5. The van der Waals surface area contributed by atoms with Gasteiger partial charge in [-0.15, -0.1) is 12.3 Å². The van der Waals surface area contributed by atoms with Crippen molar-refractivity contribution in [1.82, 2.24) is 0 Å². The van der Waals surface area contributed by atoms with Crippen molar-refractivity contribution < 1.29 is 13.6 Å². The van der Waals surface area contributed by atoms with Gasteiger partial charge in [-0.2, -0.15) is 0 Å². The van der Waals surface area contributed by atoms with E-state index in [1.165, 1.54) is 12.8 Å². The Bertz CT molecular complexity index is 704. The minimum atomic E-state index is -2.00. The highest BCUT2D eigenvalue weighted by Crippen LogP contribution is 2.43. The number of terminal acetylenes is 1. The second-order valence-electron chi connectivity index (χ2n) is 13.0. The zero-order chi connectivity index (χ0) is 25.7. The molecule has 0 aromatic heterocycles. The van der Waals surface area contributed by atoms with Gasteiger partial charge in [0, 0.05) is 24.7 Å². The first-order valence-electron chi connectivity index (χ1n) is 13.0. The molecule has 0 amide bonds. The van der Waals surface area contributed by atoms with E-state index in [-0.39, 0.29) is 39.9 Å². The van der Waals surface area contributed by atoms with Gasteiger partial charge in [0.05, 0.1) is 12.2 Å². The summed E-state index contributed by atoms with van der Waals surface area (Å²) in [6.07, 6.45) is 15.7. The minimum Gasteiger partial charge on any atom is -0.413 e. The van der Waals surface area contributed by atoms with Crippen LogP contribution in [0.25, 0.3) is 0 Å². The number of ketones is 1. The lowest BCUT2D eigenvalue weighted by Gasteiger charge is -2.40. The van der Waals surface area contributed by atoms with E-state index in [0.29, 0.717) is 12.8 Å². The van der Waals surface area contributed by atoms with Gasteiger partial charge in [-0.05, 0) is 42.7 Å². The van der Waals surface area contributed by atoms with Crippen LogP contribution in [0.4, 0.5) is 0 Å². The van der Waals surface area contributed by atoms with Crippen LogP contribution in [0.3, 0.4) is 0 Å².